The van der Waals surface area contributed by atoms with Gasteiger partial charge in [0.2, 0.25) is 0 Å². The molecule has 1 aromatic carbocycles. The number of benzene rings is 1. The fourth-order valence-electron chi connectivity index (χ4n) is 1.86. The highest BCUT2D eigenvalue weighted by molar-refractivity contribution is 5.36. The third kappa shape index (κ3) is 4.46. The van der Waals surface area contributed by atoms with Gasteiger partial charge in [-0.3, -0.25) is 0 Å². The zero-order chi connectivity index (χ0) is 12.8. The van der Waals surface area contributed by atoms with Crippen LogP contribution in [0.15, 0.2) is 12.1 Å². The monoisotopic (exact) mass is 236 g/mol. The first kappa shape index (κ1) is 14.2. The van der Waals surface area contributed by atoms with Gasteiger partial charge in [0.05, 0.1) is 6.10 Å². The van der Waals surface area contributed by atoms with Crippen molar-refractivity contribution in [3.8, 4) is 0 Å². The van der Waals surface area contributed by atoms with Crippen molar-refractivity contribution in [2.75, 3.05) is 19.6 Å². The first-order valence-corrected chi connectivity index (χ1v) is 6.20. The zero-order valence-corrected chi connectivity index (χ0v) is 11.1. The van der Waals surface area contributed by atoms with Crippen LogP contribution in [-0.2, 0) is 6.42 Å². The summed E-state index contributed by atoms with van der Waals surface area (Å²) in [5.74, 6) is 0. The van der Waals surface area contributed by atoms with Crippen molar-refractivity contribution in [2.45, 2.75) is 33.3 Å². The van der Waals surface area contributed by atoms with E-state index < -0.39 is 6.10 Å². The molecule has 1 unspecified atom stereocenters. The summed E-state index contributed by atoms with van der Waals surface area (Å²) in [6.45, 7) is 8.19. The highest BCUT2D eigenvalue weighted by Gasteiger charge is 2.03. The number of hydrogen-bond donors (Lipinski definition) is 3. The van der Waals surface area contributed by atoms with E-state index in [0.29, 0.717) is 13.1 Å². The van der Waals surface area contributed by atoms with Gasteiger partial charge in [-0.2, -0.15) is 0 Å². The van der Waals surface area contributed by atoms with Crippen molar-refractivity contribution in [3.05, 3.63) is 34.4 Å². The summed E-state index contributed by atoms with van der Waals surface area (Å²) in [4.78, 5) is 0. The fraction of sp³-hybridized carbons (Fsp3) is 0.571. The standard InChI is InChI=1S/C14H24N2O/c1-10-6-12(3)13(7-11(10)2)4-5-16-9-14(17)8-15/h6-7,14,16-17H,4-5,8-9,15H2,1-3H3. The van der Waals surface area contributed by atoms with Gasteiger partial charge in [0, 0.05) is 13.1 Å². The molecule has 0 aromatic heterocycles. The van der Waals surface area contributed by atoms with Crippen LogP contribution < -0.4 is 11.1 Å². The Kier molecular flexibility index (Phi) is 5.62. The van der Waals surface area contributed by atoms with Crippen molar-refractivity contribution in [3.63, 3.8) is 0 Å². The molecule has 0 radical (unpaired) electrons. The number of rotatable bonds is 6. The average molecular weight is 236 g/mol. The van der Waals surface area contributed by atoms with Crippen LogP contribution in [0.3, 0.4) is 0 Å². The third-order valence-electron chi connectivity index (χ3n) is 3.18. The number of nitrogens with one attached hydrogen (secondary N) is 1. The minimum atomic E-state index is -0.434. The van der Waals surface area contributed by atoms with Crippen LogP contribution in [0.25, 0.3) is 0 Å². The van der Waals surface area contributed by atoms with E-state index in [2.05, 4.69) is 38.2 Å². The maximum atomic E-state index is 9.30. The molecule has 0 heterocycles. The van der Waals surface area contributed by atoms with Gasteiger partial charge in [-0.25, -0.2) is 0 Å². The van der Waals surface area contributed by atoms with Crippen LogP contribution >= 0.6 is 0 Å². The van der Waals surface area contributed by atoms with E-state index in [1.807, 2.05) is 0 Å². The maximum Gasteiger partial charge on any atom is 0.0786 e. The van der Waals surface area contributed by atoms with E-state index in [-0.39, 0.29) is 0 Å². The Hall–Kier alpha value is -0.900. The molecular weight excluding hydrogens is 212 g/mol. The van der Waals surface area contributed by atoms with Crippen molar-refractivity contribution >= 4 is 0 Å². The predicted octanol–water partition coefficient (Wildman–Crippen LogP) is 1.06. The second kappa shape index (κ2) is 6.74. The topological polar surface area (TPSA) is 58.3 Å². The number of aliphatic hydroxyl groups is 1. The molecule has 0 saturated heterocycles. The van der Waals surface area contributed by atoms with Crippen molar-refractivity contribution in [1.82, 2.24) is 5.32 Å². The quantitative estimate of drug-likeness (QED) is 0.647. The van der Waals surface area contributed by atoms with Crippen LogP contribution in [0.5, 0.6) is 0 Å². The SMILES string of the molecule is Cc1cc(C)c(CCNCC(O)CN)cc1C. The molecule has 0 aliphatic carbocycles. The summed E-state index contributed by atoms with van der Waals surface area (Å²) < 4.78 is 0. The first-order valence-electron chi connectivity index (χ1n) is 6.20. The lowest BCUT2D eigenvalue weighted by Crippen LogP contribution is -2.33. The van der Waals surface area contributed by atoms with Gasteiger partial charge in [-0.15, -0.1) is 0 Å². The van der Waals surface area contributed by atoms with Crippen LogP contribution in [0, 0.1) is 20.8 Å². The van der Waals surface area contributed by atoms with Crippen molar-refractivity contribution in [2.24, 2.45) is 5.73 Å². The van der Waals surface area contributed by atoms with Crippen LogP contribution in [0.1, 0.15) is 22.3 Å². The first-order chi connectivity index (χ1) is 8.04. The lowest BCUT2D eigenvalue weighted by molar-refractivity contribution is 0.180. The van der Waals surface area contributed by atoms with E-state index >= 15 is 0 Å². The molecule has 0 saturated carbocycles. The van der Waals surface area contributed by atoms with Crippen molar-refractivity contribution in [1.29, 1.82) is 0 Å². The Balaban J connectivity index is 2.44. The molecule has 0 bridgehead atoms. The number of nitrogens with two attached hydrogens (primary N) is 1. The minimum absolute atomic E-state index is 0.315. The van der Waals surface area contributed by atoms with Gasteiger partial charge in [0.15, 0.2) is 0 Å². The summed E-state index contributed by atoms with van der Waals surface area (Å²) in [6.07, 6.45) is 0.556. The van der Waals surface area contributed by atoms with Crippen molar-refractivity contribution < 1.29 is 5.11 Å². The molecule has 0 fully saturated rings. The molecule has 1 aromatic rings. The smallest absolute Gasteiger partial charge is 0.0786 e. The maximum absolute atomic E-state index is 9.30. The second-order valence-corrected chi connectivity index (χ2v) is 4.71. The summed E-state index contributed by atoms with van der Waals surface area (Å²) >= 11 is 0. The van der Waals surface area contributed by atoms with Crippen LogP contribution in [-0.4, -0.2) is 30.8 Å². The molecular formula is C14H24N2O. The molecule has 3 heteroatoms. The Morgan fingerprint density at radius 1 is 1.18 bits per heavy atom. The fourth-order valence-corrected chi connectivity index (χ4v) is 1.86. The van der Waals surface area contributed by atoms with E-state index in [1.54, 1.807) is 0 Å². The van der Waals surface area contributed by atoms with Gasteiger partial charge in [0.1, 0.15) is 0 Å². The van der Waals surface area contributed by atoms with E-state index in [4.69, 9.17) is 5.73 Å². The highest BCUT2D eigenvalue weighted by atomic mass is 16.3. The molecule has 4 N–H and O–H groups in total. The van der Waals surface area contributed by atoms with Gasteiger partial charge in [-0.1, -0.05) is 12.1 Å². The minimum Gasteiger partial charge on any atom is -0.390 e. The Morgan fingerprint density at radius 3 is 2.47 bits per heavy atom. The van der Waals surface area contributed by atoms with E-state index in [0.717, 1.165) is 13.0 Å². The summed E-state index contributed by atoms with van der Waals surface area (Å²) in [5.41, 5.74) is 10.7. The Morgan fingerprint density at radius 2 is 1.82 bits per heavy atom. The van der Waals surface area contributed by atoms with Gasteiger partial charge < -0.3 is 16.2 Å². The summed E-state index contributed by atoms with van der Waals surface area (Å²) in [7, 11) is 0. The lowest BCUT2D eigenvalue weighted by Gasteiger charge is -2.12. The predicted molar refractivity (Wildman–Crippen MR) is 72.3 cm³/mol. The Labute approximate surface area is 104 Å². The number of aliphatic hydroxyl groups excluding tert-OH is 1. The summed E-state index contributed by atoms with van der Waals surface area (Å²) in [5, 5.41) is 12.5. The highest BCUT2D eigenvalue weighted by Crippen LogP contribution is 2.15. The van der Waals surface area contributed by atoms with Crippen LogP contribution in [0.2, 0.25) is 0 Å². The molecule has 96 valence electrons. The Bertz CT molecular complexity index is 363. The second-order valence-electron chi connectivity index (χ2n) is 4.71. The molecule has 0 aliphatic rings. The normalized spacial score (nSPS) is 12.8. The van der Waals surface area contributed by atoms with Gasteiger partial charge in [-0.05, 0) is 56.0 Å². The van der Waals surface area contributed by atoms with E-state index in [1.165, 1.54) is 22.3 Å². The number of aryl methyl sites for hydroxylation is 3. The summed E-state index contributed by atoms with van der Waals surface area (Å²) in [6, 6.07) is 4.49. The molecule has 0 spiro atoms. The molecule has 1 atom stereocenters. The average Bonchev–Trinajstić information content (AvgIpc) is 2.30. The molecule has 17 heavy (non-hydrogen) atoms. The molecule has 3 nitrogen and oxygen atoms in total. The number of hydrogen-bond acceptors (Lipinski definition) is 3. The van der Waals surface area contributed by atoms with Crippen LogP contribution in [0.4, 0.5) is 0 Å². The molecule has 0 amide bonds. The largest absolute Gasteiger partial charge is 0.390 e. The zero-order valence-electron chi connectivity index (χ0n) is 11.1. The third-order valence-corrected chi connectivity index (χ3v) is 3.18. The van der Waals surface area contributed by atoms with Gasteiger partial charge >= 0.3 is 0 Å². The molecule has 1 rings (SSSR count). The lowest BCUT2D eigenvalue weighted by atomic mass is 9.99. The molecule has 0 aliphatic heterocycles. The van der Waals surface area contributed by atoms with Gasteiger partial charge in [0.25, 0.3) is 0 Å². The van der Waals surface area contributed by atoms with E-state index in [9.17, 15) is 5.11 Å².